The molecule has 2 atom stereocenters. The van der Waals surface area contributed by atoms with Crippen LogP contribution in [0.1, 0.15) is 34.9 Å². The molecular weight excluding hydrogens is 264 g/mol. The largest absolute Gasteiger partial charge is 0.457 e. The van der Waals surface area contributed by atoms with E-state index in [9.17, 15) is 9.59 Å². The molecule has 106 valence electrons. The zero-order valence-electron chi connectivity index (χ0n) is 11.6. The molecular formula is C18H16O3. The molecule has 0 amide bonds. The second-order valence-electron chi connectivity index (χ2n) is 5.28. The molecule has 0 radical (unpaired) electrons. The molecule has 0 bridgehead atoms. The second kappa shape index (κ2) is 5.92. The molecule has 1 aliphatic heterocycles. The van der Waals surface area contributed by atoms with Crippen molar-refractivity contribution in [1.29, 1.82) is 0 Å². The van der Waals surface area contributed by atoms with Gasteiger partial charge in [-0.25, -0.2) is 0 Å². The standard InChI is InChI=1S/C18H16O3/c19-16(13-7-3-1-4-8-13)11-15-12-17(20)21-18(15)14-9-5-2-6-10-14/h1-10,15,18H,11-12H2/t15-,18+/m1/s1. The Balaban J connectivity index is 1.77. The first-order valence-corrected chi connectivity index (χ1v) is 7.07. The van der Waals surface area contributed by atoms with Crippen LogP contribution in [0.2, 0.25) is 0 Å². The van der Waals surface area contributed by atoms with Crippen molar-refractivity contribution in [2.24, 2.45) is 5.92 Å². The van der Waals surface area contributed by atoms with Crippen LogP contribution in [0.25, 0.3) is 0 Å². The summed E-state index contributed by atoms with van der Waals surface area (Å²) in [6.45, 7) is 0. The van der Waals surface area contributed by atoms with Crippen LogP contribution in [0, 0.1) is 5.92 Å². The summed E-state index contributed by atoms with van der Waals surface area (Å²) in [6.07, 6.45) is 0.319. The average Bonchev–Trinajstić information content (AvgIpc) is 2.89. The van der Waals surface area contributed by atoms with Crippen molar-refractivity contribution in [3.05, 3.63) is 71.8 Å². The average molecular weight is 280 g/mol. The Morgan fingerprint density at radius 2 is 1.62 bits per heavy atom. The third-order valence-electron chi connectivity index (χ3n) is 3.79. The summed E-state index contributed by atoms with van der Waals surface area (Å²) in [5.41, 5.74) is 1.64. The van der Waals surface area contributed by atoms with Crippen molar-refractivity contribution in [2.45, 2.75) is 18.9 Å². The number of rotatable bonds is 4. The zero-order chi connectivity index (χ0) is 14.7. The summed E-state index contributed by atoms with van der Waals surface area (Å²) < 4.78 is 5.41. The van der Waals surface area contributed by atoms with Crippen LogP contribution in [-0.2, 0) is 9.53 Å². The van der Waals surface area contributed by atoms with E-state index < -0.39 is 0 Å². The number of ether oxygens (including phenoxy) is 1. The van der Waals surface area contributed by atoms with Gasteiger partial charge in [0.25, 0.3) is 0 Å². The number of esters is 1. The molecule has 1 saturated heterocycles. The third kappa shape index (κ3) is 3.02. The fourth-order valence-electron chi connectivity index (χ4n) is 2.75. The number of ketones is 1. The van der Waals surface area contributed by atoms with Gasteiger partial charge in [0.1, 0.15) is 6.10 Å². The summed E-state index contributed by atoms with van der Waals surface area (Å²) in [5.74, 6) is -0.262. The summed E-state index contributed by atoms with van der Waals surface area (Å²) in [6, 6.07) is 18.8. The van der Waals surface area contributed by atoms with E-state index in [1.807, 2.05) is 48.5 Å². The lowest BCUT2D eigenvalue weighted by Gasteiger charge is -2.17. The Morgan fingerprint density at radius 3 is 2.29 bits per heavy atom. The highest BCUT2D eigenvalue weighted by molar-refractivity contribution is 5.96. The predicted molar refractivity (Wildman–Crippen MR) is 78.8 cm³/mol. The molecule has 3 heteroatoms. The van der Waals surface area contributed by atoms with Crippen LogP contribution in [0.3, 0.4) is 0 Å². The van der Waals surface area contributed by atoms with E-state index in [1.54, 1.807) is 12.1 Å². The van der Waals surface area contributed by atoms with E-state index in [2.05, 4.69) is 0 Å². The van der Waals surface area contributed by atoms with Gasteiger partial charge in [0, 0.05) is 17.9 Å². The molecule has 21 heavy (non-hydrogen) atoms. The zero-order valence-corrected chi connectivity index (χ0v) is 11.6. The van der Waals surface area contributed by atoms with Crippen LogP contribution in [0.4, 0.5) is 0 Å². The second-order valence-corrected chi connectivity index (χ2v) is 5.28. The molecule has 3 rings (SSSR count). The molecule has 0 spiro atoms. The smallest absolute Gasteiger partial charge is 0.306 e. The van der Waals surface area contributed by atoms with Crippen molar-refractivity contribution >= 4 is 11.8 Å². The first-order chi connectivity index (χ1) is 10.2. The van der Waals surface area contributed by atoms with Gasteiger partial charge in [-0.05, 0) is 5.56 Å². The molecule has 0 aromatic heterocycles. The molecule has 1 aliphatic rings. The van der Waals surface area contributed by atoms with E-state index in [4.69, 9.17) is 4.74 Å². The van der Waals surface area contributed by atoms with Gasteiger partial charge < -0.3 is 4.74 Å². The van der Waals surface area contributed by atoms with Crippen molar-refractivity contribution in [3.8, 4) is 0 Å². The minimum Gasteiger partial charge on any atom is -0.457 e. The highest BCUT2D eigenvalue weighted by atomic mass is 16.5. The van der Waals surface area contributed by atoms with Gasteiger partial charge in [-0.1, -0.05) is 60.7 Å². The summed E-state index contributed by atoms with van der Waals surface area (Å²) in [4.78, 5) is 23.9. The molecule has 1 fully saturated rings. The molecule has 3 nitrogen and oxygen atoms in total. The first kappa shape index (κ1) is 13.6. The van der Waals surface area contributed by atoms with E-state index in [0.29, 0.717) is 18.4 Å². The van der Waals surface area contributed by atoms with Crippen LogP contribution in [0.5, 0.6) is 0 Å². The van der Waals surface area contributed by atoms with Crippen LogP contribution < -0.4 is 0 Å². The minimum atomic E-state index is -0.314. The monoisotopic (exact) mass is 280 g/mol. The molecule has 0 unspecified atom stereocenters. The number of carbonyl (C=O) groups is 2. The lowest BCUT2D eigenvalue weighted by molar-refractivity contribution is -0.141. The fourth-order valence-corrected chi connectivity index (χ4v) is 2.75. The van der Waals surface area contributed by atoms with Gasteiger partial charge in [-0.3, -0.25) is 9.59 Å². The number of Topliss-reactive ketones (excluding diaryl/α,β-unsaturated/α-hetero) is 1. The van der Waals surface area contributed by atoms with Crippen LogP contribution in [-0.4, -0.2) is 11.8 Å². The van der Waals surface area contributed by atoms with Crippen molar-refractivity contribution in [2.75, 3.05) is 0 Å². The molecule has 0 saturated carbocycles. The molecule has 1 heterocycles. The Bertz CT molecular complexity index is 634. The normalized spacial score (nSPS) is 21.0. The minimum absolute atomic E-state index is 0.0554. The van der Waals surface area contributed by atoms with Gasteiger partial charge in [0.05, 0.1) is 6.42 Å². The summed E-state index contributed by atoms with van der Waals surface area (Å²) in [7, 11) is 0. The molecule has 0 aliphatic carbocycles. The maximum absolute atomic E-state index is 12.3. The van der Waals surface area contributed by atoms with Crippen molar-refractivity contribution < 1.29 is 14.3 Å². The Hall–Kier alpha value is -2.42. The van der Waals surface area contributed by atoms with Crippen molar-refractivity contribution in [3.63, 3.8) is 0 Å². The SMILES string of the molecule is O=C1C[C@@H](CC(=O)c2ccccc2)[C@H](c2ccccc2)O1. The molecule has 2 aromatic carbocycles. The van der Waals surface area contributed by atoms with Gasteiger partial charge in [-0.2, -0.15) is 0 Å². The first-order valence-electron chi connectivity index (χ1n) is 7.07. The third-order valence-corrected chi connectivity index (χ3v) is 3.79. The fraction of sp³-hybridized carbons (Fsp3) is 0.222. The lowest BCUT2D eigenvalue weighted by atomic mass is 9.89. The summed E-state index contributed by atoms with van der Waals surface area (Å²) >= 11 is 0. The maximum Gasteiger partial charge on any atom is 0.306 e. The van der Waals surface area contributed by atoms with E-state index in [-0.39, 0.29) is 23.8 Å². The summed E-state index contributed by atoms with van der Waals surface area (Å²) in [5, 5.41) is 0. The number of hydrogen-bond donors (Lipinski definition) is 0. The van der Waals surface area contributed by atoms with E-state index in [1.165, 1.54) is 0 Å². The van der Waals surface area contributed by atoms with Crippen LogP contribution >= 0.6 is 0 Å². The molecule has 0 N–H and O–H groups in total. The Labute approximate surface area is 123 Å². The Kier molecular flexibility index (Phi) is 3.82. The highest BCUT2D eigenvalue weighted by Gasteiger charge is 2.37. The predicted octanol–water partition coefficient (Wildman–Crippen LogP) is 3.56. The molecule has 2 aromatic rings. The maximum atomic E-state index is 12.3. The number of hydrogen-bond acceptors (Lipinski definition) is 3. The van der Waals surface area contributed by atoms with Gasteiger partial charge in [-0.15, -0.1) is 0 Å². The van der Waals surface area contributed by atoms with E-state index >= 15 is 0 Å². The number of cyclic esters (lactones) is 1. The quantitative estimate of drug-likeness (QED) is 0.635. The topological polar surface area (TPSA) is 43.4 Å². The van der Waals surface area contributed by atoms with Gasteiger partial charge in [0.2, 0.25) is 0 Å². The highest BCUT2D eigenvalue weighted by Crippen LogP contribution is 2.37. The van der Waals surface area contributed by atoms with E-state index in [0.717, 1.165) is 5.56 Å². The Morgan fingerprint density at radius 1 is 1.00 bits per heavy atom. The van der Waals surface area contributed by atoms with Crippen molar-refractivity contribution in [1.82, 2.24) is 0 Å². The van der Waals surface area contributed by atoms with Crippen LogP contribution in [0.15, 0.2) is 60.7 Å². The lowest BCUT2D eigenvalue weighted by Crippen LogP contribution is -2.13. The number of carbonyl (C=O) groups excluding carboxylic acids is 2. The van der Waals surface area contributed by atoms with Gasteiger partial charge in [0.15, 0.2) is 5.78 Å². The number of benzene rings is 2. The van der Waals surface area contributed by atoms with Gasteiger partial charge >= 0.3 is 5.97 Å².